The van der Waals surface area contributed by atoms with Crippen LogP contribution >= 0.6 is 0 Å². The molecule has 0 atom stereocenters. The molecule has 0 saturated heterocycles. The average molecular weight is 275 g/mol. The van der Waals surface area contributed by atoms with Crippen molar-refractivity contribution in [2.75, 3.05) is 27.7 Å². The van der Waals surface area contributed by atoms with E-state index in [1.54, 1.807) is 6.20 Å². The van der Waals surface area contributed by atoms with E-state index in [-0.39, 0.29) is 5.84 Å². The first-order valence-electron chi connectivity index (χ1n) is 7.08. The summed E-state index contributed by atoms with van der Waals surface area (Å²) >= 11 is 0. The zero-order valence-electron chi connectivity index (χ0n) is 12.7. The van der Waals surface area contributed by atoms with E-state index in [4.69, 9.17) is 11.1 Å². The second kappa shape index (κ2) is 5.89. The summed E-state index contributed by atoms with van der Waals surface area (Å²) in [7, 11) is 6.50. The molecule has 5 nitrogen and oxygen atoms in total. The highest BCUT2D eigenvalue weighted by molar-refractivity contribution is 5.93. The second-order valence-corrected chi connectivity index (χ2v) is 6.11. The molecule has 2 rings (SSSR count). The van der Waals surface area contributed by atoms with Crippen molar-refractivity contribution in [3.8, 4) is 0 Å². The molecule has 3 N–H and O–H groups in total. The summed E-state index contributed by atoms with van der Waals surface area (Å²) in [6.45, 7) is 1.93. The van der Waals surface area contributed by atoms with Crippen molar-refractivity contribution in [1.29, 1.82) is 5.41 Å². The van der Waals surface area contributed by atoms with Crippen LogP contribution in [0.5, 0.6) is 0 Å². The van der Waals surface area contributed by atoms with E-state index in [2.05, 4.69) is 35.9 Å². The van der Waals surface area contributed by atoms with Gasteiger partial charge in [-0.05, 0) is 58.1 Å². The Balaban J connectivity index is 1.99. The van der Waals surface area contributed by atoms with Crippen LogP contribution in [0.25, 0.3) is 0 Å². The minimum absolute atomic E-state index is 0.0262. The molecule has 1 saturated carbocycles. The van der Waals surface area contributed by atoms with Gasteiger partial charge in [0.1, 0.15) is 11.5 Å². The average Bonchev–Trinajstić information content (AvgIpc) is 2.33. The maximum atomic E-state index is 7.45. The standard InChI is InChI=1S/C15H25N5/c1-19(2)15(6-4-7-15)11-20(3)10-12-5-8-18-13(9-12)14(16)17/h5,8-9H,4,6-7,10-11H2,1-3H3,(H3,16,17). The van der Waals surface area contributed by atoms with Crippen LogP contribution in [-0.2, 0) is 6.54 Å². The summed E-state index contributed by atoms with van der Waals surface area (Å²) in [5, 5.41) is 7.45. The fraction of sp³-hybridized carbons (Fsp3) is 0.600. The third-order valence-corrected chi connectivity index (χ3v) is 4.35. The molecule has 0 spiro atoms. The third-order valence-electron chi connectivity index (χ3n) is 4.35. The van der Waals surface area contributed by atoms with Gasteiger partial charge in [-0.15, -0.1) is 0 Å². The van der Waals surface area contributed by atoms with Crippen molar-refractivity contribution in [1.82, 2.24) is 14.8 Å². The van der Waals surface area contributed by atoms with Gasteiger partial charge >= 0.3 is 0 Å². The highest BCUT2D eigenvalue weighted by Crippen LogP contribution is 2.36. The maximum absolute atomic E-state index is 7.45. The Hall–Kier alpha value is -1.46. The number of pyridine rings is 1. The first-order valence-corrected chi connectivity index (χ1v) is 7.08. The molecule has 1 aliphatic carbocycles. The van der Waals surface area contributed by atoms with E-state index < -0.39 is 0 Å². The molecule has 0 bridgehead atoms. The Morgan fingerprint density at radius 3 is 2.60 bits per heavy atom. The Labute approximate surface area is 121 Å². The minimum atomic E-state index is 0.0262. The van der Waals surface area contributed by atoms with Gasteiger partial charge in [0.05, 0.1) is 0 Å². The lowest BCUT2D eigenvalue weighted by Gasteiger charge is -2.49. The highest BCUT2D eigenvalue weighted by Gasteiger charge is 2.39. The molecule has 5 heteroatoms. The molecule has 1 aromatic rings. The summed E-state index contributed by atoms with van der Waals surface area (Å²) in [4.78, 5) is 8.81. The van der Waals surface area contributed by atoms with E-state index in [1.165, 1.54) is 19.3 Å². The van der Waals surface area contributed by atoms with Crippen LogP contribution in [0.4, 0.5) is 0 Å². The normalized spacial score (nSPS) is 17.2. The van der Waals surface area contributed by atoms with Crippen LogP contribution in [0, 0.1) is 5.41 Å². The van der Waals surface area contributed by atoms with Crippen molar-refractivity contribution < 1.29 is 0 Å². The van der Waals surface area contributed by atoms with Crippen molar-refractivity contribution in [2.45, 2.75) is 31.3 Å². The molecule has 110 valence electrons. The van der Waals surface area contributed by atoms with Gasteiger partial charge < -0.3 is 15.5 Å². The van der Waals surface area contributed by atoms with Gasteiger partial charge in [-0.25, -0.2) is 0 Å². The topological polar surface area (TPSA) is 69.2 Å². The number of likely N-dealkylation sites (N-methyl/N-ethyl adjacent to an activating group) is 2. The van der Waals surface area contributed by atoms with Gasteiger partial charge in [0.2, 0.25) is 0 Å². The van der Waals surface area contributed by atoms with Gasteiger partial charge in [-0.3, -0.25) is 10.4 Å². The molecule has 1 aliphatic rings. The smallest absolute Gasteiger partial charge is 0.141 e. The number of hydrogen-bond donors (Lipinski definition) is 2. The van der Waals surface area contributed by atoms with Crippen molar-refractivity contribution in [3.63, 3.8) is 0 Å². The maximum Gasteiger partial charge on any atom is 0.141 e. The molecular weight excluding hydrogens is 250 g/mol. The first kappa shape index (κ1) is 14.9. The fourth-order valence-electron chi connectivity index (χ4n) is 2.92. The zero-order chi connectivity index (χ0) is 14.8. The van der Waals surface area contributed by atoms with Crippen LogP contribution in [0.15, 0.2) is 18.3 Å². The quantitative estimate of drug-likeness (QED) is 0.606. The van der Waals surface area contributed by atoms with Crippen LogP contribution in [0.3, 0.4) is 0 Å². The van der Waals surface area contributed by atoms with Crippen LogP contribution < -0.4 is 5.73 Å². The summed E-state index contributed by atoms with van der Waals surface area (Å²) in [5.41, 5.74) is 7.54. The molecule has 0 aromatic carbocycles. The first-order chi connectivity index (χ1) is 9.43. The molecule has 20 heavy (non-hydrogen) atoms. The van der Waals surface area contributed by atoms with Gasteiger partial charge in [-0.2, -0.15) is 0 Å². The third kappa shape index (κ3) is 3.16. The zero-order valence-corrected chi connectivity index (χ0v) is 12.7. The number of nitrogens with zero attached hydrogens (tertiary/aromatic N) is 3. The van der Waals surface area contributed by atoms with E-state index in [0.29, 0.717) is 11.2 Å². The molecular formula is C15H25N5. The predicted octanol–water partition coefficient (Wildman–Crippen LogP) is 1.28. The van der Waals surface area contributed by atoms with Crippen LogP contribution in [-0.4, -0.2) is 53.8 Å². The number of hydrogen-bond acceptors (Lipinski definition) is 4. The lowest BCUT2D eigenvalue weighted by molar-refractivity contribution is 0.0259. The van der Waals surface area contributed by atoms with E-state index in [1.807, 2.05) is 12.1 Å². The van der Waals surface area contributed by atoms with Gasteiger partial charge in [0.25, 0.3) is 0 Å². The monoisotopic (exact) mass is 275 g/mol. The molecule has 0 amide bonds. The molecule has 0 radical (unpaired) electrons. The minimum Gasteiger partial charge on any atom is -0.382 e. The summed E-state index contributed by atoms with van der Waals surface area (Å²) < 4.78 is 0. The lowest BCUT2D eigenvalue weighted by Crippen LogP contribution is -2.56. The van der Waals surface area contributed by atoms with Gasteiger partial charge in [0.15, 0.2) is 0 Å². The highest BCUT2D eigenvalue weighted by atomic mass is 15.2. The Kier molecular flexibility index (Phi) is 4.40. The number of aromatic nitrogens is 1. The van der Waals surface area contributed by atoms with Crippen LogP contribution in [0.1, 0.15) is 30.5 Å². The fourth-order valence-corrected chi connectivity index (χ4v) is 2.92. The summed E-state index contributed by atoms with van der Waals surface area (Å²) in [6.07, 6.45) is 5.61. The van der Waals surface area contributed by atoms with Crippen molar-refractivity contribution >= 4 is 5.84 Å². The number of nitrogen functional groups attached to an aromatic ring is 1. The van der Waals surface area contributed by atoms with Gasteiger partial charge in [0, 0.05) is 24.8 Å². The summed E-state index contributed by atoms with van der Waals surface area (Å²) in [6, 6.07) is 3.90. The molecule has 0 unspecified atom stereocenters. The molecule has 0 aliphatic heterocycles. The Morgan fingerprint density at radius 1 is 1.40 bits per heavy atom. The number of nitrogens with one attached hydrogen (secondary N) is 1. The Bertz CT molecular complexity index is 479. The molecule has 1 fully saturated rings. The molecule has 1 aromatic heterocycles. The van der Waals surface area contributed by atoms with E-state index >= 15 is 0 Å². The van der Waals surface area contributed by atoms with Gasteiger partial charge in [-0.1, -0.05) is 0 Å². The largest absolute Gasteiger partial charge is 0.382 e. The number of nitrogens with two attached hydrogens (primary N) is 1. The number of amidine groups is 1. The second-order valence-electron chi connectivity index (χ2n) is 6.11. The number of rotatable bonds is 6. The van der Waals surface area contributed by atoms with E-state index in [9.17, 15) is 0 Å². The lowest BCUT2D eigenvalue weighted by atomic mass is 9.75. The van der Waals surface area contributed by atoms with E-state index in [0.717, 1.165) is 18.7 Å². The Morgan fingerprint density at radius 2 is 2.10 bits per heavy atom. The van der Waals surface area contributed by atoms with Crippen molar-refractivity contribution in [2.24, 2.45) is 5.73 Å². The SMILES string of the molecule is CN(Cc1ccnc(C(=N)N)c1)CC1(N(C)C)CCC1. The van der Waals surface area contributed by atoms with Crippen molar-refractivity contribution in [3.05, 3.63) is 29.6 Å². The van der Waals surface area contributed by atoms with Crippen LogP contribution in [0.2, 0.25) is 0 Å². The predicted molar refractivity (Wildman–Crippen MR) is 81.9 cm³/mol. The summed E-state index contributed by atoms with van der Waals surface area (Å²) in [5.74, 6) is 0.0262. The molecule has 1 heterocycles.